The van der Waals surface area contributed by atoms with Gasteiger partial charge in [-0.3, -0.25) is 0 Å². The highest BCUT2D eigenvalue weighted by molar-refractivity contribution is 5.90. The molecule has 26 heavy (non-hydrogen) atoms. The Kier molecular flexibility index (Phi) is 10.2. The molecular formula is C22H27NO3. The lowest BCUT2D eigenvalue weighted by Gasteiger charge is -2.10. The fourth-order valence-electron chi connectivity index (χ4n) is 2.67. The molecule has 1 fully saturated rings. The van der Waals surface area contributed by atoms with Crippen LogP contribution in [0.5, 0.6) is 0 Å². The van der Waals surface area contributed by atoms with Crippen LogP contribution < -0.4 is 0 Å². The molecule has 1 aromatic carbocycles. The number of aliphatic hydroxyl groups excluding tert-OH is 1. The van der Waals surface area contributed by atoms with Crippen LogP contribution in [-0.2, 0) is 11.2 Å². The van der Waals surface area contributed by atoms with E-state index in [1.165, 1.54) is 12.2 Å². The fraction of sp³-hybridized carbons (Fsp3) is 0.364. The molecule has 0 aliphatic heterocycles. The third-order valence-corrected chi connectivity index (χ3v) is 3.87. The average molecular weight is 353 g/mol. The highest BCUT2D eigenvalue weighted by Gasteiger charge is 2.28. The Hall–Kier alpha value is -2.98. The van der Waals surface area contributed by atoms with Gasteiger partial charge in [-0.05, 0) is 67.9 Å². The zero-order valence-electron chi connectivity index (χ0n) is 15.9. The SMILES string of the molecule is C#C.C/C=C(O)\C(=C/Cc1cc(C)c(C2CC2)c(C#N)c1)C(=O)O.CC. The number of carboxylic acids is 1. The number of nitriles is 1. The Morgan fingerprint density at radius 2 is 1.88 bits per heavy atom. The third kappa shape index (κ3) is 6.15. The van der Waals surface area contributed by atoms with E-state index >= 15 is 0 Å². The maximum absolute atomic E-state index is 11.1. The van der Waals surface area contributed by atoms with Crippen molar-refractivity contribution in [2.75, 3.05) is 0 Å². The maximum Gasteiger partial charge on any atom is 0.339 e. The Balaban J connectivity index is 0.00000146. The van der Waals surface area contributed by atoms with Gasteiger partial charge >= 0.3 is 5.97 Å². The number of allylic oxidation sites excluding steroid dienone is 2. The molecule has 1 saturated carbocycles. The van der Waals surface area contributed by atoms with Crippen molar-refractivity contribution in [3.63, 3.8) is 0 Å². The van der Waals surface area contributed by atoms with Crippen molar-refractivity contribution in [3.05, 3.63) is 57.9 Å². The summed E-state index contributed by atoms with van der Waals surface area (Å²) in [6, 6.07) is 6.06. The van der Waals surface area contributed by atoms with Crippen molar-refractivity contribution >= 4 is 5.97 Å². The quantitative estimate of drug-likeness (QED) is 0.336. The molecule has 138 valence electrons. The minimum absolute atomic E-state index is 0.120. The minimum atomic E-state index is -1.16. The van der Waals surface area contributed by atoms with Crippen molar-refractivity contribution in [2.24, 2.45) is 0 Å². The zero-order chi connectivity index (χ0) is 20.3. The van der Waals surface area contributed by atoms with Crippen LogP contribution in [0, 0.1) is 31.1 Å². The van der Waals surface area contributed by atoms with Crippen molar-refractivity contribution in [2.45, 2.75) is 52.9 Å². The van der Waals surface area contributed by atoms with Crippen LogP contribution in [-0.4, -0.2) is 16.2 Å². The number of carbonyl (C=O) groups is 1. The third-order valence-electron chi connectivity index (χ3n) is 3.87. The monoisotopic (exact) mass is 353 g/mol. The van der Waals surface area contributed by atoms with Crippen LogP contribution in [0.25, 0.3) is 0 Å². The average Bonchev–Trinajstić information content (AvgIpc) is 3.48. The molecular weight excluding hydrogens is 326 g/mol. The van der Waals surface area contributed by atoms with E-state index in [9.17, 15) is 15.2 Å². The molecule has 1 aromatic rings. The standard InChI is InChI=1S/C18H19NO3.C2H6.C2H2/c1-3-16(20)15(18(21)22)7-4-12-8-11(2)17(13-5-6-13)14(9-12)10-19;2*1-2/h3,7-9,13,20H,4-6H2,1-2H3,(H,21,22);1-2H3;1-2H/b15-7+,16-3+;;. The number of carboxylic acid groups (broad SMARTS) is 1. The highest BCUT2D eigenvalue weighted by atomic mass is 16.4. The summed E-state index contributed by atoms with van der Waals surface area (Å²) in [7, 11) is 0. The number of hydrogen-bond acceptors (Lipinski definition) is 3. The van der Waals surface area contributed by atoms with Crippen LogP contribution in [0.3, 0.4) is 0 Å². The van der Waals surface area contributed by atoms with Gasteiger partial charge in [0.05, 0.1) is 17.2 Å². The molecule has 1 aliphatic carbocycles. The van der Waals surface area contributed by atoms with Crippen LogP contribution >= 0.6 is 0 Å². The van der Waals surface area contributed by atoms with E-state index in [0.717, 1.165) is 29.5 Å². The largest absolute Gasteiger partial charge is 0.507 e. The van der Waals surface area contributed by atoms with E-state index in [2.05, 4.69) is 18.9 Å². The molecule has 4 nitrogen and oxygen atoms in total. The predicted molar refractivity (Wildman–Crippen MR) is 105 cm³/mol. The summed E-state index contributed by atoms with van der Waals surface area (Å²) >= 11 is 0. The molecule has 2 rings (SSSR count). The van der Waals surface area contributed by atoms with Gasteiger partial charge in [0.1, 0.15) is 5.76 Å². The number of rotatable bonds is 5. The van der Waals surface area contributed by atoms with Crippen LogP contribution in [0.2, 0.25) is 0 Å². The van der Waals surface area contributed by atoms with Gasteiger partial charge in [0.2, 0.25) is 0 Å². The summed E-state index contributed by atoms with van der Waals surface area (Å²) in [5.74, 6) is -0.914. The lowest BCUT2D eigenvalue weighted by atomic mass is 9.94. The van der Waals surface area contributed by atoms with E-state index in [4.69, 9.17) is 5.11 Å². The first-order chi connectivity index (χ1) is 12.5. The van der Waals surface area contributed by atoms with Crippen LogP contribution in [0.1, 0.15) is 61.8 Å². The van der Waals surface area contributed by atoms with Crippen LogP contribution in [0.4, 0.5) is 0 Å². The maximum atomic E-state index is 11.1. The molecule has 2 N–H and O–H groups in total. The van der Waals surface area contributed by atoms with Crippen molar-refractivity contribution in [1.29, 1.82) is 5.26 Å². The number of terminal acetylenes is 1. The summed E-state index contributed by atoms with van der Waals surface area (Å²) in [4.78, 5) is 11.1. The van der Waals surface area contributed by atoms with E-state index in [1.54, 1.807) is 6.92 Å². The van der Waals surface area contributed by atoms with Gasteiger partial charge < -0.3 is 10.2 Å². The molecule has 1 aliphatic rings. The van der Waals surface area contributed by atoms with Gasteiger partial charge in [-0.2, -0.15) is 5.26 Å². The smallest absolute Gasteiger partial charge is 0.339 e. The first-order valence-electron chi connectivity index (χ1n) is 8.63. The van der Waals surface area contributed by atoms with Gasteiger partial charge in [-0.25, -0.2) is 4.79 Å². The fourth-order valence-corrected chi connectivity index (χ4v) is 2.67. The lowest BCUT2D eigenvalue weighted by Crippen LogP contribution is -2.04. The number of benzene rings is 1. The number of hydrogen-bond donors (Lipinski definition) is 2. The van der Waals surface area contributed by atoms with Crippen LogP contribution in [0.15, 0.2) is 35.6 Å². The number of aliphatic carboxylic acids is 1. The van der Waals surface area contributed by atoms with Gasteiger partial charge in [0.25, 0.3) is 0 Å². The van der Waals surface area contributed by atoms with Crippen molar-refractivity contribution < 1.29 is 15.0 Å². The summed E-state index contributed by atoms with van der Waals surface area (Å²) < 4.78 is 0. The summed E-state index contributed by atoms with van der Waals surface area (Å²) in [6.07, 6.45) is 13.5. The van der Waals surface area contributed by atoms with Gasteiger partial charge in [0.15, 0.2) is 0 Å². The predicted octanol–water partition coefficient (Wildman–Crippen LogP) is 5.04. The molecule has 0 unspecified atom stereocenters. The highest BCUT2D eigenvalue weighted by Crippen LogP contribution is 2.43. The molecule has 0 atom stereocenters. The molecule has 0 radical (unpaired) electrons. The second-order valence-electron chi connectivity index (χ2n) is 5.56. The summed E-state index contributed by atoms with van der Waals surface area (Å²) in [5.41, 5.74) is 3.64. The second kappa shape index (κ2) is 11.6. The van der Waals surface area contributed by atoms with Gasteiger partial charge in [-0.15, -0.1) is 12.8 Å². The molecule has 0 heterocycles. The van der Waals surface area contributed by atoms with E-state index in [1.807, 2.05) is 32.9 Å². The normalized spacial score (nSPS) is 13.4. The van der Waals surface area contributed by atoms with Gasteiger partial charge in [-0.1, -0.05) is 26.0 Å². The Morgan fingerprint density at radius 3 is 2.31 bits per heavy atom. The minimum Gasteiger partial charge on any atom is -0.507 e. The molecule has 0 aromatic heterocycles. The topological polar surface area (TPSA) is 81.3 Å². The summed E-state index contributed by atoms with van der Waals surface area (Å²) in [6.45, 7) is 7.57. The zero-order valence-corrected chi connectivity index (χ0v) is 15.9. The summed E-state index contributed by atoms with van der Waals surface area (Å²) in [5, 5.41) is 28.0. The first kappa shape index (κ1) is 23.0. The van der Waals surface area contributed by atoms with E-state index < -0.39 is 5.97 Å². The Labute approximate surface area is 156 Å². The molecule has 4 heteroatoms. The number of nitrogens with zero attached hydrogens (tertiary/aromatic N) is 1. The van der Waals surface area contributed by atoms with Crippen molar-refractivity contribution in [1.82, 2.24) is 0 Å². The first-order valence-corrected chi connectivity index (χ1v) is 8.63. The van der Waals surface area contributed by atoms with Crippen molar-refractivity contribution in [3.8, 4) is 18.9 Å². The Morgan fingerprint density at radius 1 is 1.31 bits per heavy atom. The molecule has 0 bridgehead atoms. The number of aliphatic hydroxyl groups is 1. The number of aryl methyl sites for hydroxylation is 1. The van der Waals surface area contributed by atoms with Gasteiger partial charge in [0, 0.05) is 0 Å². The molecule has 0 spiro atoms. The lowest BCUT2D eigenvalue weighted by molar-refractivity contribution is -0.132. The molecule has 0 amide bonds. The second-order valence-corrected chi connectivity index (χ2v) is 5.56. The molecule has 0 saturated heterocycles. The Bertz CT molecular complexity index is 745. The van der Waals surface area contributed by atoms with E-state index in [0.29, 0.717) is 17.9 Å². The van der Waals surface area contributed by atoms with E-state index in [-0.39, 0.29) is 11.3 Å².